The normalized spacial score (nSPS) is 10.5. The van der Waals surface area contributed by atoms with Crippen LogP contribution in [-0.4, -0.2) is 51.7 Å². The number of ether oxygens (including phenoxy) is 1. The summed E-state index contributed by atoms with van der Waals surface area (Å²) in [4.78, 5) is 26.8. The Morgan fingerprint density at radius 1 is 1.26 bits per heavy atom. The van der Waals surface area contributed by atoms with Gasteiger partial charge in [-0.3, -0.25) is 19.3 Å². The molecule has 0 saturated carbocycles. The van der Waals surface area contributed by atoms with Crippen LogP contribution in [0.15, 0.2) is 48.5 Å². The fourth-order valence-electron chi connectivity index (χ4n) is 2.97. The van der Waals surface area contributed by atoms with Gasteiger partial charge in [-0.1, -0.05) is 17.7 Å². The number of likely N-dealkylation sites (N-methyl/N-ethyl adjacent to an activating group) is 1. The SMILES string of the molecule is CCN(CC(=O)Nc1cccc(OC)c1)C(=O)Cn1c(-c2ccc(Cl)cc2)n[nH]c1=S. The van der Waals surface area contributed by atoms with E-state index in [1.807, 2.05) is 6.92 Å². The van der Waals surface area contributed by atoms with Gasteiger partial charge < -0.3 is 15.0 Å². The zero-order valence-corrected chi connectivity index (χ0v) is 18.7. The molecule has 31 heavy (non-hydrogen) atoms. The van der Waals surface area contributed by atoms with Crippen LogP contribution in [0.3, 0.4) is 0 Å². The number of hydrogen-bond donors (Lipinski definition) is 2. The third-order valence-corrected chi connectivity index (χ3v) is 5.14. The number of hydrogen-bond acceptors (Lipinski definition) is 5. The highest BCUT2D eigenvalue weighted by Crippen LogP contribution is 2.20. The van der Waals surface area contributed by atoms with Crippen molar-refractivity contribution in [3.8, 4) is 17.1 Å². The van der Waals surface area contributed by atoms with Gasteiger partial charge in [0.15, 0.2) is 10.6 Å². The van der Waals surface area contributed by atoms with Crippen molar-refractivity contribution in [1.82, 2.24) is 19.7 Å². The molecule has 1 heterocycles. The van der Waals surface area contributed by atoms with Crippen molar-refractivity contribution in [1.29, 1.82) is 0 Å². The highest BCUT2D eigenvalue weighted by molar-refractivity contribution is 7.71. The number of carbonyl (C=O) groups is 2. The Balaban J connectivity index is 1.70. The monoisotopic (exact) mass is 459 g/mol. The molecule has 0 atom stereocenters. The Morgan fingerprint density at radius 3 is 2.68 bits per heavy atom. The van der Waals surface area contributed by atoms with Gasteiger partial charge in [-0.25, -0.2) is 0 Å². The third-order valence-electron chi connectivity index (χ3n) is 4.58. The van der Waals surface area contributed by atoms with E-state index in [0.29, 0.717) is 33.6 Å². The van der Waals surface area contributed by atoms with Gasteiger partial charge in [0.05, 0.1) is 13.7 Å². The number of nitrogens with one attached hydrogen (secondary N) is 2. The van der Waals surface area contributed by atoms with Crippen molar-refractivity contribution in [2.24, 2.45) is 0 Å². The van der Waals surface area contributed by atoms with Crippen molar-refractivity contribution in [3.63, 3.8) is 0 Å². The average Bonchev–Trinajstić information content (AvgIpc) is 3.12. The van der Waals surface area contributed by atoms with E-state index in [9.17, 15) is 9.59 Å². The number of carbonyl (C=O) groups excluding carboxylic acids is 2. The maximum Gasteiger partial charge on any atom is 0.243 e. The first kappa shape index (κ1) is 22.5. The first-order chi connectivity index (χ1) is 14.9. The number of rotatable bonds is 8. The number of nitrogens with zero attached hydrogens (tertiary/aromatic N) is 3. The van der Waals surface area contributed by atoms with Gasteiger partial charge in [0.1, 0.15) is 12.3 Å². The quantitative estimate of drug-likeness (QED) is 0.500. The van der Waals surface area contributed by atoms with Crippen LogP contribution < -0.4 is 10.1 Å². The number of anilines is 1. The highest BCUT2D eigenvalue weighted by Gasteiger charge is 2.19. The number of methoxy groups -OCH3 is 1. The second kappa shape index (κ2) is 10.2. The van der Waals surface area contributed by atoms with E-state index in [-0.39, 0.29) is 24.9 Å². The van der Waals surface area contributed by atoms with Crippen LogP contribution in [0.5, 0.6) is 5.75 Å². The third kappa shape index (κ3) is 5.71. The molecule has 0 aliphatic heterocycles. The molecule has 2 amide bonds. The van der Waals surface area contributed by atoms with Gasteiger partial charge in [0.2, 0.25) is 11.8 Å². The summed E-state index contributed by atoms with van der Waals surface area (Å²) in [6, 6.07) is 14.1. The lowest BCUT2D eigenvalue weighted by atomic mass is 10.2. The fraction of sp³-hybridized carbons (Fsp3) is 0.238. The van der Waals surface area contributed by atoms with Crippen LogP contribution in [-0.2, 0) is 16.1 Å². The van der Waals surface area contributed by atoms with Crippen LogP contribution in [0.25, 0.3) is 11.4 Å². The molecule has 0 bridgehead atoms. The number of aromatic nitrogens is 3. The summed E-state index contributed by atoms with van der Waals surface area (Å²) in [6.45, 7) is 2.04. The van der Waals surface area contributed by atoms with Gasteiger partial charge in [-0.15, -0.1) is 0 Å². The van der Waals surface area contributed by atoms with Crippen LogP contribution >= 0.6 is 23.8 Å². The Morgan fingerprint density at radius 2 is 2.00 bits per heavy atom. The lowest BCUT2D eigenvalue weighted by Gasteiger charge is -2.21. The fourth-order valence-corrected chi connectivity index (χ4v) is 3.29. The van der Waals surface area contributed by atoms with Crippen LogP contribution in [0.1, 0.15) is 6.92 Å². The zero-order valence-electron chi connectivity index (χ0n) is 17.1. The van der Waals surface area contributed by atoms with E-state index in [4.69, 9.17) is 28.6 Å². The Hall–Kier alpha value is -3.17. The first-order valence-corrected chi connectivity index (χ1v) is 10.3. The summed E-state index contributed by atoms with van der Waals surface area (Å²) < 4.78 is 7.07. The molecule has 0 saturated heterocycles. The molecule has 0 aliphatic rings. The van der Waals surface area contributed by atoms with E-state index in [1.165, 1.54) is 4.90 Å². The zero-order chi connectivity index (χ0) is 22.4. The molecular weight excluding hydrogens is 438 g/mol. The average molecular weight is 460 g/mol. The van der Waals surface area contributed by atoms with Crippen molar-refractivity contribution in [3.05, 3.63) is 58.3 Å². The van der Waals surface area contributed by atoms with Crippen molar-refractivity contribution >= 4 is 41.3 Å². The van der Waals surface area contributed by atoms with Gasteiger partial charge in [0, 0.05) is 28.9 Å². The maximum absolute atomic E-state index is 12.9. The minimum Gasteiger partial charge on any atom is -0.497 e. The van der Waals surface area contributed by atoms with E-state index in [1.54, 1.807) is 60.2 Å². The van der Waals surface area contributed by atoms with Gasteiger partial charge >= 0.3 is 0 Å². The molecule has 8 nitrogen and oxygen atoms in total. The highest BCUT2D eigenvalue weighted by atomic mass is 35.5. The number of amides is 2. The van der Waals surface area contributed by atoms with Crippen molar-refractivity contribution in [2.75, 3.05) is 25.5 Å². The van der Waals surface area contributed by atoms with Crippen molar-refractivity contribution in [2.45, 2.75) is 13.5 Å². The van der Waals surface area contributed by atoms with E-state index < -0.39 is 0 Å². The molecule has 0 spiro atoms. The summed E-state index contributed by atoms with van der Waals surface area (Å²) in [5, 5.41) is 10.3. The summed E-state index contributed by atoms with van der Waals surface area (Å²) in [7, 11) is 1.55. The van der Waals surface area contributed by atoms with Gasteiger partial charge in [-0.05, 0) is 55.5 Å². The maximum atomic E-state index is 12.9. The largest absolute Gasteiger partial charge is 0.497 e. The smallest absolute Gasteiger partial charge is 0.243 e. The molecule has 162 valence electrons. The van der Waals surface area contributed by atoms with Crippen molar-refractivity contribution < 1.29 is 14.3 Å². The summed E-state index contributed by atoms with van der Waals surface area (Å²) in [5.74, 6) is 0.588. The van der Waals surface area contributed by atoms with E-state index in [0.717, 1.165) is 5.56 Å². The van der Waals surface area contributed by atoms with E-state index >= 15 is 0 Å². The molecular formula is C21H22ClN5O3S. The van der Waals surface area contributed by atoms with E-state index in [2.05, 4.69) is 15.5 Å². The second-order valence-electron chi connectivity index (χ2n) is 6.63. The Bertz CT molecular complexity index is 1130. The molecule has 0 radical (unpaired) electrons. The predicted octanol–water partition coefficient (Wildman–Crippen LogP) is 3.76. The topological polar surface area (TPSA) is 92.2 Å². The van der Waals surface area contributed by atoms with Crippen LogP contribution in [0, 0.1) is 4.77 Å². The molecule has 0 aliphatic carbocycles. The lowest BCUT2D eigenvalue weighted by molar-refractivity contribution is -0.135. The number of aromatic amines is 1. The van der Waals surface area contributed by atoms with Gasteiger partial charge in [-0.2, -0.15) is 5.10 Å². The molecule has 3 rings (SSSR count). The Labute approximate surface area is 189 Å². The molecule has 1 aromatic heterocycles. The number of benzene rings is 2. The second-order valence-corrected chi connectivity index (χ2v) is 7.46. The summed E-state index contributed by atoms with van der Waals surface area (Å²) in [5.41, 5.74) is 1.36. The first-order valence-electron chi connectivity index (χ1n) is 9.54. The minimum atomic E-state index is -0.308. The predicted molar refractivity (Wildman–Crippen MR) is 122 cm³/mol. The summed E-state index contributed by atoms with van der Waals surface area (Å²) in [6.07, 6.45) is 0. The molecule has 0 unspecified atom stereocenters. The number of halogens is 1. The molecule has 0 fully saturated rings. The summed E-state index contributed by atoms with van der Waals surface area (Å²) >= 11 is 11.2. The number of H-pyrrole nitrogens is 1. The van der Waals surface area contributed by atoms with Crippen LogP contribution in [0.2, 0.25) is 5.02 Å². The lowest BCUT2D eigenvalue weighted by Crippen LogP contribution is -2.39. The molecule has 2 aromatic carbocycles. The standard InChI is InChI=1S/C21H22ClN5O3S/c1-3-26(12-18(28)23-16-5-4-6-17(11-16)30-2)19(29)13-27-20(24-25-21(27)31)14-7-9-15(22)10-8-14/h4-11H,3,12-13H2,1-2H3,(H,23,28)(H,25,31). The Kier molecular flexibility index (Phi) is 7.43. The molecule has 2 N–H and O–H groups in total. The van der Waals surface area contributed by atoms with Crippen LogP contribution in [0.4, 0.5) is 5.69 Å². The van der Waals surface area contributed by atoms with Gasteiger partial charge in [0.25, 0.3) is 0 Å². The molecule has 10 heteroatoms. The minimum absolute atomic E-state index is 0.0480. The molecule has 3 aromatic rings.